The van der Waals surface area contributed by atoms with Crippen LogP contribution in [0, 0.1) is 13.8 Å². The van der Waals surface area contributed by atoms with Gasteiger partial charge in [-0.1, -0.05) is 54.6 Å². The summed E-state index contributed by atoms with van der Waals surface area (Å²) in [4.78, 5) is 34.0. The molecule has 0 aromatic heterocycles. The SMILES string of the molecule is CC(=O)Oc1cc(C=O)c(COc2c(C)cccc2C)cc1OC(C)=O.c1ccccc1. The van der Waals surface area contributed by atoms with E-state index < -0.39 is 11.9 Å². The first-order chi connectivity index (χ1) is 15.3. The number of rotatable bonds is 6. The van der Waals surface area contributed by atoms with E-state index in [2.05, 4.69) is 0 Å². The molecule has 3 aromatic rings. The highest BCUT2D eigenvalue weighted by atomic mass is 16.6. The van der Waals surface area contributed by atoms with Crippen molar-refractivity contribution in [2.45, 2.75) is 34.3 Å². The van der Waals surface area contributed by atoms with Gasteiger partial charge in [-0.15, -0.1) is 0 Å². The van der Waals surface area contributed by atoms with E-state index in [-0.39, 0.29) is 23.7 Å². The molecule has 0 saturated carbocycles. The lowest BCUT2D eigenvalue weighted by Crippen LogP contribution is -2.10. The molecule has 0 fully saturated rings. The minimum Gasteiger partial charge on any atom is -0.488 e. The third-order valence-corrected chi connectivity index (χ3v) is 4.29. The number of para-hydroxylation sites is 1. The minimum atomic E-state index is -0.588. The monoisotopic (exact) mass is 434 g/mol. The van der Waals surface area contributed by atoms with Crippen LogP contribution < -0.4 is 14.2 Å². The van der Waals surface area contributed by atoms with E-state index in [0.717, 1.165) is 16.9 Å². The predicted octanol–water partition coefficient (Wildman–Crippen LogP) is 5.23. The van der Waals surface area contributed by atoms with Crippen molar-refractivity contribution in [3.05, 3.63) is 89.0 Å². The van der Waals surface area contributed by atoms with Gasteiger partial charge in [0.1, 0.15) is 12.4 Å². The first-order valence-corrected chi connectivity index (χ1v) is 9.99. The summed E-state index contributed by atoms with van der Waals surface area (Å²) >= 11 is 0. The first-order valence-electron chi connectivity index (χ1n) is 9.99. The third-order valence-electron chi connectivity index (χ3n) is 4.29. The zero-order valence-corrected chi connectivity index (χ0v) is 18.6. The molecular weight excluding hydrogens is 408 g/mol. The Balaban J connectivity index is 0.000000520. The Bertz CT molecular complexity index is 1030. The summed E-state index contributed by atoms with van der Waals surface area (Å²) in [5.41, 5.74) is 2.72. The van der Waals surface area contributed by atoms with Crippen LogP contribution in [0.25, 0.3) is 0 Å². The van der Waals surface area contributed by atoms with Gasteiger partial charge < -0.3 is 14.2 Å². The van der Waals surface area contributed by atoms with E-state index in [1.165, 1.54) is 26.0 Å². The van der Waals surface area contributed by atoms with E-state index >= 15 is 0 Å². The fraction of sp³-hybridized carbons (Fsp3) is 0.192. The van der Waals surface area contributed by atoms with Gasteiger partial charge in [0, 0.05) is 25.0 Å². The van der Waals surface area contributed by atoms with Crippen molar-refractivity contribution in [3.63, 3.8) is 0 Å². The molecule has 0 bridgehead atoms. The zero-order chi connectivity index (χ0) is 23.5. The van der Waals surface area contributed by atoms with Crippen LogP contribution in [-0.2, 0) is 16.2 Å². The van der Waals surface area contributed by atoms with Crippen molar-refractivity contribution in [2.24, 2.45) is 0 Å². The van der Waals surface area contributed by atoms with E-state index in [0.29, 0.717) is 11.8 Å². The molecular formula is C26H26O6. The largest absolute Gasteiger partial charge is 0.488 e. The Morgan fingerprint density at radius 3 is 1.69 bits per heavy atom. The van der Waals surface area contributed by atoms with Crippen molar-refractivity contribution in [1.29, 1.82) is 0 Å². The quantitative estimate of drug-likeness (QED) is 0.300. The summed E-state index contributed by atoms with van der Waals surface area (Å²) in [6.45, 7) is 6.40. The summed E-state index contributed by atoms with van der Waals surface area (Å²) in [5, 5.41) is 0. The first kappa shape index (κ1) is 24.3. The highest BCUT2D eigenvalue weighted by Gasteiger charge is 2.16. The Morgan fingerprint density at radius 1 is 0.781 bits per heavy atom. The number of esters is 2. The fourth-order valence-electron chi connectivity index (χ4n) is 2.88. The predicted molar refractivity (Wildman–Crippen MR) is 121 cm³/mol. The minimum absolute atomic E-state index is 0.00521. The van der Waals surface area contributed by atoms with Crippen molar-refractivity contribution in [3.8, 4) is 17.2 Å². The van der Waals surface area contributed by atoms with Gasteiger partial charge in [-0.05, 0) is 37.1 Å². The molecule has 3 aromatic carbocycles. The van der Waals surface area contributed by atoms with Crippen LogP contribution in [-0.4, -0.2) is 18.2 Å². The molecule has 0 heterocycles. The Morgan fingerprint density at radius 2 is 1.25 bits per heavy atom. The van der Waals surface area contributed by atoms with Crippen molar-refractivity contribution in [1.82, 2.24) is 0 Å². The molecule has 0 aliphatic rings. The molecule has 3 rings (SSSR count). The van der Waals surface area contributed by atoms with Crippen LogP contribution in [0.2, 0.25) is 0 Å². The fourth-order valence-corrected chi connectivity index (χ4v) is 2.88. The average Bonchev–Trinajstić information content (AvgIpc) is 2.76. The summed E-state index contributed by atoms with van der Waals surface area (Å²) in [5.74, 6) is -0.375. The van der Waals surface area contributed by atoms with Crippen LogP contribution in [0.1, 0.15) is 40.9 Å². The van der Waals surface area contributed by atoms with E-state index in [1.54, 1.807) is 0 Å². The molecule has 0 atom stereocenters. The van der Waals surface area contributed by atoms with E-state index in [4.69, 9.17) is 14.2 Å². The molecule has 0 spiro atoms. The molecule has 0 aliphatic heterocycles. The molecule has 0 unspecified atom stereocenters. The van der Waals surface area contributed by atoms with Crippen molar-refractivity contribution in [2.75, 3.05) is 0 Å². The van der Waals surface area contributed by atoms with Gasteiger partial charge in [0.15, 0.2) is 17.8 Å². The Labute approximate surface area is 187 Å². The maximum Gasteiger partial charge on any atom is 0.308 e. The molecule has 0 radical (unpaired) electrons. The molecule has 166 valence electrons. The molecule has 6 heteroatoms. The van der Waals surface area contributed by atoms with Gasteiger partial charge in [-0.2, -0.15) is 0 Å². The smallest absolute Gasteiger partial charge is 0.308 e. The molecule has 0 saturated heterocycles. The number of hydrogen-bond donors (Lipinski definition) is 0. The van der Waals surface area contributed by atoms with Crippen LogP contribution in [0.3, 0.4) is 0 Å². The second kappa shape index (κ2) is 12.1. The molecule has 0 N–H and O–H groups in total. The number of aryl methyl sites for hydroxylation is 2. The van der Waals surface area contributed by atoms with Gasteiger partial charge in [0.25, 0.3) is 0 Å². The number of benzene rings is 3. The van der Waals surface area contributed by atoms with Gasteiger partial charge in [-0.25, -0.2) is 0 Å². The Kier molecular flexibility index (Phi) is 9.17. The van der Waals surface area contributed by atoms with Crippen molar-refractivity contribution >= 4 is 18.2 Å². The number of hydrogen-bond acceptors (Lipinski definition) is 6. The van der Waals surface area contributed by atoms with Crippen LogP contribution >= 0.6 is 0 Å². The summed E-state index contributed by atoms with van der Waals surface area (Å²) < 4.78 is 16.0. The zero-order valence-electron chi connectivity index (χ0n) is 18.6. The van der Waals surface area contributed by atoms with Gasteiger partial charge in [0.2, 0.25) is 0 Å². The van der Waals surface area contributed by atoms with Gasteiger partial charge in [0.05, 0.1) is 0 Å². The lowest BCUT2D eigenvalue weighted by Gasteiger charge is -2.15. The standard InChI is InChI=1S/C20H20O6.C6H6/c1-12-6-5-7-13(2)20(12)24-11-17-9-19(26-15(4)23)18(25-14(3)22)8-16(17)10-21;1-2-4-6-5-3-1/h5-10H,11H2,1-4H3;1-6H. The number of carbonyl (C=O) groups excluding carboxylic acids is 3. The number of ether oxygens (including phenoxy) is 3. The van der Waals surface area contributed by atoms with Crippen molar-refractivity contribution < 1.29 is 28.6 Å². The van der Waals surface area contributed by atoms with E-state index in [1.807, 2.05) is 68.4 Å². The normalized spacial score (nSPS) is 9.75. The maximum absolute atomic E-state index is 11.4. The topological polar surface area (TPSA) is 78.9 Å². The van der Waals surface area contributed by atoms with E-state index in [9.17, 15) is 14.4 Å². The summed E-state index contributed by atoms with van der Waals surface area (Å²) in [6, 6.07) is 20.6. The highest BCUT2D eigenvalue weighted by molar-refractivity contribution is 5.81. The molecule has 0 aliphatic carbocycles. The van der Waals surface area contributed by atoms with Gasteiger partial charge >= 0.3 is 11.9 Å². The molecule has 0 amide bonds. The maximum atomic E-state index is 11.4. The average molecular weight is 434 g/mol. The molecule has 6 nitrogen and oxygen atoms in total. The van der Waals surface area contributed by atoms with Crippen LogP contribution in [0.5, 0.6) is 17.2 Å². The summed E-state index contributed by atoms with van der Waals surface area (Å²) in [7, 11) is 0. The summed E-state index contributed by atoms with van der Waals surface area (Å²) in [6.07, 6.45) is 0.633. The number of aldehydes is 1. The third kappa shape index (κ3) is 7.40. The number of carbonyl (C=O) groups is 3. The highest BCUT2D eigenvalue weighted by Crippen LogP contribution is 2.32. The molecule has 32 heavy (non-hydrogen) atoms. The van der Waals surface area contributed by atoms with Crippen LogP contribution in [0.15, 0.2) is 66.7 Å². The second-order valence-corrected chi connectivity index (χ2v) is 6.97. The lowest BCUT2D eigenvalue weighted by atomic mass is 10.1. The lowest BCUT2D eigenvalue weighted by molar-refractivity contribution is -0.134. The van der Waals surface area contributed by atoms with Crippen LogP contribution in [0.4, 0.5) is 0 Å². The van der Waals surface area contributed by atoms with Gasteiger partial charge in [-0.3, -0.25) is 14.4 Å². The Hall–Kier alpha value is -3.93. The second-order valence-electron chi connectivity index (χ2n) is 6.97.